The molecule has 2 aromatic carbocycles. The van der Waals surface area contributed by atoms with Crippen LogP contribution in [-0.4, -0.2) is 47.7 Å². The van der Waals surface area contributed by atoms with Crippen LogP contribution in [0.5, 0.6) is 5.75 Å². The highest BCUT2D eigenvalue weighted by Crippen LogP contribution is 2.34. The van der Waals surface area contributed by atoms with E-state index >= 15 is 0 Å². The molecule has 0 atom stereocenters. The Morgan fingerprint density at radius 2 is 2.00 bits per heavy atom. The number of rotatable bonds is 7. The first-order valence-corrected chi connectivity index (χ1v) is 12.8. The number of carbonyl (C=O) groups is 1. The number of ether oxygens (including phenoxy) is 4. The summed E-state index contributed by atoms with van der Waals surface area (Å²) >= 11 is 6.29. The molecule has 0 unspecified atom stereocenters. The summed E-state index contributed by atoms with van der Waals surface area (Å²) in [5, 5.41) is 0.542. The van der Waals surface area contributed by atoms with Gasteiger partial charge in [0.25, 0.3) is 5.56 Å². The predicted molar refractivity (Wildman–Crippen MR) is 138 cm³/mol. The normalized spacial score (nSPS) is 16.0. The molecule has 1 aromatic heterocycles. The number of hydrogen-bond acceptors (Lipinski definition) is 7. The van der Waals surface area contributed by atoms with Crippen LogP contribution < -0.4 is 10.3 Å². The van der Waals surface area contributed by atoms with E-state index in [1.165, 1.54) is 0 Å². The molecule has 0 bridgehead atoms. The molecule has 1 spiro atoms. The van der Waals surface area contributed by atoms with Crippen molar-refractivity contribution in [2.45, 2.75) is 45.4 Å². The molecule has 1 fully saturated rings. The second-order valence-corrected chi connectivity index (χ2v) is 9.55. The molecule has 2 heterocycles. The first-order chi connectivity index (χ1) is 17.9. The molecule has 0 N–H and O–H groups in total. The molecule has 1 aliphatic carbocycles. The number of hydrogen-bond donors (Lipinski definition) is 0. The molecule has 0 amide bonds. The van der Waals surface area contributed by atoms with Gasteiger partial charge in [0.05, 0.1) is 37.6 Å². The zero-order chi connectivity index (χ0) is 26.0. The second kappa shape index (κ2) is 10.7. The average molecular weight is 525 g/mol. The summed E-state index contributed by atoms with van der Waals surface area (Å²) in [6, 6.07) is 12.4. The molecule has 1 aliphatic heterocycles. The first kappa shape index (κ1) is 25.4. The van der Waals surface area contributed by atoms with Crippen molar-refractivity contribution >= 4 is 17.6 Å². The molecule has 0 radical (unpaired) electrons. The van der Waals surface area contributed by atoms with Crippen LogP contribution in [0.4, 0.5) is 0 Å². The van der Waals surface area contributed by atoms with E-state index in [1.54, 1.807) is 47.9 Å². The monoisotopic (exact) mass is 524 g/mol. The minimum atomic E-state index is -0.701. The molecule has 9 heteroatoms. The number of aromatic nitrogens is 2. The third kappa shape index (κ3) is 5.28. The topological polar surface area (TPSA) is 88.9 Å². The van der Waals surface area contributed by atoms with Gasteiger partial charge in [-0.25, -0.2) is 9.78 Å². The first-order valence-electron chi connectivity index (χ1n) is 12.5. The van der Waals surface area contributed by atoms with Gasteiger partial charge in [-0.2, -0.15) is 0 Å². The maximum Gasteiger partial charge on any atom is 0.338 e. The van der Waals surface area contributed by atoms with Crippen molar-refractivity contribution in [3.8, 4) is 16.9 Å². The summed E-state index contributed by atoms with van der Waals surface area (Å²) in [6.07, 6.45) is 1.77. The number of esters is 1. The fourth-order valence-corrected chi connectivity index (χ4v) is 5.11. The van der Waals surface area contributed by atoms with E-state index < -0.39 is 11.8 Å². The van der Waals surface area contributed by atoms with Crippen LogP contribution in [0.15, 0.2) is 47.3 Å². The Kier molecular flexibility index (Phi) is 7.33. The van der Waals surface area contributed by atoms with Gasteiger partial charge in [0.1, 0.15) is 18.2 Å². The standard InChI is InChI=1S/C28H29ClN2O6/c1-3-34-27(33)20-6-4-5-19(15-20)22-16-21(29)7-8-25(22)35-12-11-31-18(2)30-24-9-10-28(36-13-14-37-28)17-23(24)26(31)32/h4-8,15-16H,3,9-14,17H2,1-2H3. The van der Waals surface area contributed by atoms with Gasteiger partial charge >= 0.3 is 5.97 Å². The van der Waals surface area contributed by atoms with Gasteiger partial charge in [-0.3, -0.25) is 9.36 Å². The quantitative estimate of drug-likeness (QED) is 0.424. The molecule has 8 nitrogen and oxygen atoms in total. The lowest BCUT2D eigenvalue weighted by Crippen LogP contribution is -2.42. The van der Waals surface area contributed by atoms with Crippen molar-refractivity contribution in [2.75, 3.05) is 26.4 Å². The summed E-state index contributed by atoms with van der Waals surface area (Å²) in [7, 11) is 0. The van der Waals surface area contributed by atoms with Gasteiger partial charge in [-0.1, -0.05) is 23.7 Å². The van der Waals surface area contributed by atoms with Gasteiger partial charge in [0.15, 0.2) is 5.79 Å². The summed E-state index contributed by atoms with van der Waals surface area (Å²) in [6.45, 7) is 5.56. The molecule has 194 valence electrons. The van der Waals surface area contributed by atoms with E-state index in [4.69, 9.17) is 35.5 Å². The Hall–Kier alpha value is -3.20. The third-order valence-electron chi connectivity index (χ3n) is 6.74. The third-order valence-corrected chi connectivity index (χ3v) is 6.98. The highest BCUT2D eigenvalue weighted by molar-refractivity contribution is 6.31. The summed E-state index contributed by atoms with van der Waals surface area (Å²) < 4.78 is 24.6. The average Bonchev–Trinajstić information content (AvgIpc) is 3.35. The summed E-state index contributed by atoms with van der Waals surface area (Å²) in [4.78, 5) is 30.3. The van der Waals surface area contributed by atoms with Crippen LogP contribution in [0.2, 0.25) is 5.02 Å². The SMILES string of the molecule is CCOC(=O)c1cccc(-c2cc(Cl)ccc2OCCn2c(C)nc3c(c2=O)CC2(CC3)OCCO2)c1. The summed E-state index contributed by atoms with van der Waals surface area (Å²) in [5.41, 5.74) is 3.35. The van der Waals surface area contributed by atoms with Crippen LogP contribution in [0.1, 0.15) is 40.8 Å². The zero-order valence-corrected chi connectivity index (χ0v) is 21.7. The summed E-state index contributed by atoms with van der Waals surface area (Å²) in [5.74, 6) is 0.149. The van der Waals surface area contributed by atoms with Crippen molar-refractivity contribution in [3.63, 3.8) is 0 Å². The largest absolute Gasteiger partial charge is 0.491 e. The van der Waals surface area contributed by atoms with Crippen LogP contribution in [0.25, 0.3) is 11.1 Å². The highest BCUT2D eigenvalue weighted by Gasteiger charge is 2.41. The number of aryl methyl sites for hydroxylation is 2. The van der Waals surface area contributed by atoms with E-state index in [1.807, 2.05) is 13.0 Å². The molecule has 0 saturated carbocycles. The Morgan fingerprint density at radius 3 is 2.78 bits per heavy atom. The van der Waals surface area contributed by atoms with Gasteiger partial charge in [-0.15, -0.1) is 0 Å². The Labute approximate surface area is 220 Å². The second-order valence-electron chi connectivity index (χ2n) is 9.12. The van der Waals surface area contributed by atoms with Crippen molar-refractivity contribution in [1.29, 1.82) is 0 Å². The molecule has 5 rings (SSSR count). The lowest BCUT2D eigenvalue weighted by molar-refractivity contribution is -0.164. The maximum absolute atomic E-state index is 13.4. The Morgan fingerprint density at radius 1 is 1.19 bits per heavy atom. The van der Waals surface area contributed by atoms with Gasteiger partial charge in [0, 0.05) is 29.0 Å². The number of carbonyl (C=O) groups excluding carboxylic acids is 1. The van der Waals surface area contributed by atoms with E-state index in [9.17, 15) is 9.59 Å². The van der Waals surface area contributed by atoms with E-state index in [-0.39, 0.29) is 12.2 Å². The van der Waals surface area contributed by atoms with Crippen molar-refractivity contribution in [1.82, 2.24) is 9.55 Å². The van der Waals surface area contributed by atoms with Crippen LogP contribution in [0.3, 0.4) is 0 Å². The van der Waals surface area contributed by atoms with Gasteiger partial charge < -0.3 is 18.9 Å². The molecule has 37 heavy (non-hydrogen) atoms. The highest BCUT2D eigenvalue weighted by atomic mass is 35.5. The van der Waals surface area contributed by atoms with Crippen molar-refractivity contribution in [3.05, 3.63) is 80.5 Å². The molecule has 1 saturated heterocycles. The van der Waals surface area contributed by atoms with Crippen LogP contribution in [-0.2, 0) is 33.6 Å². The maximum atomic E-state index is 13.4. The molecule has 3 aromatic rings. The van der Waals surface area contributed by atoms with E-state index in [0.29, 0.717) is 73.4 Å². The molecular weight excluding hydrogens is 496 g/mol. The number of halogens is 1. The lowest BCUT2D eigenvalue weighted by Gasteiger charge is -2.32. The minimum Gasteiger partial charge on any atom is -0.491 e. The Bertz CT molecular complexity index is 1380. The smallest absolute Gasteiger partial charge is 0.338 e. The number of fused-ring (bicyclic) bond motifs is 1. The van der Waals surface area contributed by atoms with Gasteiger partial charge in [0.2, 0.25) is 0 Å². The van der Waals surface area contributed by atoms with E-state index in [0.717, 1.165) is 16.8 Å². The van der Waals surface area contributed by atoms with Crippen LogP contribution >= 0.6 is 11.6 Å². The molecular formula is C28H29ClN2O6. The Balaban J connectivity index is 1.36. The zero-order valence-electron chi connectivity index (χ0n) is 20.9. The van der Waals surface area contributed by atoms with Gasteiger partial charge in [-0.05, 0) is 56.2 Å². The van der Waals surface area contributed by atoms with Crippen molar-refractivity contribution < 1.29 is 23.7 Å². The number of benzene rings is 2. The van der Waals surface area contributed by atoms with Crippen molar-refractivity contribution in [2.24, 2.45) is 0 Å². The predicted octanol–water partition coefficient (Wildman–Crippen LogP) is 4.36. The number of nitrogens with zero attached hydrogens (tertiary/aromatic N) is 2. The fraction of sp³-hybridized carbons (Fsp3) is 0.393. The lowest BCUT2D eigenvalue weighted by atomic mass is 9.91. The minimum absolute atomic E-state index is 0.0808. The van der Waals surface area contributed by atoms with E-state index in [2.05, 4.69) is 0 Å². The fourth-order valence-electron chi connectivity index (χ4n) is 4.94. The molecule has 2 aliphatic rings. The van der Waals surface area contributed by atoms with Crippen LogP contribution in [0, 0.1) is 6.92 Å².